The Morgan fingerprint density at radius 3 is 2.80 bits per heavy atom. The van der Waals surface area contributed by atoms with Gasteiger partial charge in [0.05, 0.1) is 11.9 Å². The molecule has 0 unspecified atom stereocenters. The van der Waals surface area contributed by atoms with E-state index < -0.39 is 0 Å². The van der Waals surface area contributed by atoms with Gasteiger partial charge in [0.2, 0.25) is 0 Å². The lowest BCUT2D eigenvalue weighted by Gasteiger charge is -2.12. The minimum Gasteiger partial charge on any atom is -0.380 e. The van der Waals surface area contributed by atoms with Crippen LogP contribution in [0.25, 0.3) is 10.9 Å². The van der Waals surface area contributed by atoms with E-state index in [9.17, 15) is 0 Å². The van der Waals surface area contributed by atoms with Gasteiger partial charge in [0, 0.05) is 32.4 Å². The van der Waals surface area contributed by atoms with Crippen LogP contribution >= 0.6 is 0 Å². The predicted molar refractivity (Wildman–Crippen MR) is 84.2 cm³/mol. The summed E-state index contributed by atoms with van der Waals surface area (Å²) in [7, 11) is 3.97. The van der Waals surface area contributed by atoms with Crippen LogP contribution in [0.5, 0.6) is 0 Å². The van der Waals surface area contributed by atoms with E-state index in [0.29, 0.717) is 0 Å². The molecule has 0 aliphatic carbocycles. The first-order valence-electron chi connectivity index (χ1n) is 6.66. The molecule has 102 valence electrons. The van der Waals surface area contributed by atoms with Gasteiger partial charge in [0.25, 0.3) is 0 Å². The first kappa shape index (κ1) is 12.5. The maximum atomic E-state index is 4.39. The van der Waals surface area contributed by atoms with Gasteiger partial charge in [-0.3, -0.25) is 0 Å². The van der Waals surface area contributed by atoms with Crippen LogP contribution < -0.4 is 10.2 Å². The molecule has 3 rings (SSSR count). The van der Waals surface area contributed by atoms with Crippen molar-refractivity contribution < 1.29 is 0 Å². The van der Waals surface area contributed by atoms with E-state index in [1.54, 1.807) is 0 Å². The van der Waals surface area contributed by atoms with E-state index in [2.05, 4.69) is 45.6 Å². The predicted octanol–water partition coefficient (Wildman–Crippen LogP) is 3.24. The standard InChI is InChI=1S/C16H18N4/c1-20(2)16-6-5-14(11-19-16)18-10-12-3-4-13-7-8-17-15(13)9-12/h3-9,11,17-18H,10H2,1-2H3. The van der Waals surface area contributed by atoms with Gasteiger partial charge in [0.15, 0.2) is 0 Å². The summed E-state index contributed by atoms with van der Waals surface area (Å²) in [6.07, 6.45) is 3.83. The largest absolute Gasteiger partial charge is 0.380 e. The Balaban J connectivity index is 1.69. The van der Waals surface area contributed by atoms with Crippen molar-refractivity contribution in [3.8, 4) is 0 Å². The summed E-state index contributed by atoms with van der Waals surface area (Å²) in [5.41, 5.74) is 3.45. The number of hydrogen-bond acceptors (Lipinski definition) is 3. The molecule has 2 aromatic heterocycles. The van der Waals surface area contributed by atoms with E-state index in [-0.39, 0.29) is 0 Å². The first-order valence-corrected chi connectivity index (χ1v) is 6.66. The van der Waals surface area contributed by atoms with Crippen molar-refractivity contribution in [2.75, 3.05) is 24.3 Å². The van der Waals surface area contributed by atoms with Gasteiger partial charge in [-0.15, -0.1) is 0 Å². The van der Waals surface area contributed by atoms with E-state index in [4.69, 9.17) is 0 Å². The summed E-state index contributed by atoms with van der Waals surface area (Å²) in [6, 6.07) is 12.6. The molecular weight excluding hydrogens is 248 g/mol. The molecular formula is C16H18N4. The second-order valence-corrected chi connectivity index (χ2v) is 5.05. The van der Waals surface area contributed by atoms with E-state index in [1.807, 2.05) is 37.5 Å². The zero-order chi connectivity index (χ0) is 13.9. The second-order valence-electron chi connectivity index (χ2n) is 5.05. The van der Waals surface area contributed by atoms with Crippen molar-refractivity contribution in [2.45, 2.75) is 6.54 Å². The first-order chi connectivity index (χ1) is 9.72. The number of aromatic nitrogens is 2. The summed E-state index contributed by atoms with van der Waals surface area (Å²) in [4.78, 5) is 9.61. The monoisotopic (exact) mass is 266 g/mol. The minimum atomic E-state index is 0.790. The number of nitrogens with zero attached hydrogens (tertiary/aromatic N) is 2. The number of aromatic amines is 1. The van der Waals surface area contributed by atoms with Crippen molar-refractivity contribution in [1.82, 2.24) is 9.97 Å². The van der Waals surface area contributed by atoms with Crippen LogP contribution in [0.1, 0.15) is 5.56 Å². The minimum absolute atomic E-state index is 0.790. The van der Waals surface area contributed by atoms with Crippen LogP contribution in [0.2, 0.25) is 0 Å². The lowest BCUT2D eigenvalue weighted by molar-refractivity contribution is 1.06. The van der Waals surface area contributed by atoms with Crippen LogP contribution in [0, 0.1) is 0 Å². The Hall–Kier alpha value is -2.49. The molecule has 0 radical (unpaired) electrons. The smallest absolute Gasteiger partial charge is 0.128 e. The molecule has 0 bridgehead atoms. The fraction of sp³-hybridized carbons (Fsp3) is 0.188. The van der Waals surface area contributed by atoms with Gasteiger partial charge < -0.3 is 15.2 Å². The van der Waals surface area contributed by atoms with Gasteiger partial charge in [-0.05, 0) is 35.2 Å². The van der Waals surface area contributed by atoms with Crippen LogP contribution in [-0.4, -0.2) is 24.1 Å². The molecule has 0 amide bonds. The van der Waals surface area contributed by atoms with Gasteiger partial charge in [-0.1, -0.05) is 12.1 Å². The maximum Gasteiger partial charge on any atom is 0.128 e. The zero-order valence-corrected chi connectivity index (χ0v) is 11.7. The van der Waals surface area contributed by atoms with Crippen molar-refractivity contribution >= 4 is 22.4 Å². The van der Waals surface area contributed by atoms with Gasteiger partial charge >= 0.3 is 0 Å². The van der Waals surface area contributed by atoms with Crippen LogP contribution in [0.4, 0.5) is 11.5 Å². The molecule has 0 aliphatic rings. The third-order valence-corrected chi connectivity index (χ3v) is 3.32. The fourth-order valence-electron chi connectivity index (χ4n) is 2.16. The van der Waals surface area contributed by atoms with Crippen LogP contribution in [0.15, 0.2) is 48.8 Å². The number of benzene rings is 1. The Kier molecular flexibility index (Phi) is 3.29. The van der Waals surface area contributed by atoms with E-state index >= 15 is 0 Å². The highest BCUT2D eigenvalue weighted by Gasteiger charge is 2.00. The molecule has 0 fully saturated rings. The quantitative estimate of drug-likeness (QED) is 0.762. The molecule has 0 saturated heterocycles. The van der Waals surface area contributed by atoms with Gasteiger partial charge in [-0.25, -0.2) is 4.98 Å². The molecule has 20 heavy (non-hydrogen) atoms. The molecule has 1 aromatic carbocycles. The maximum absolute atomic E-state index is 4.39. The molecule has 4 nitrogen and oxygen atoms in total. The third kappa shape index (κ3) is 2.59. The van der Waals surface area contributed by atoms with Gasteiger partial charge in [-0.2, -0.15) is 0 Å². The lowest BCUT2D eigenvalue weighted by atomic mass is 10.1. The van der Waals surface area contributed by atoms with Crippen molar-refractivity contribution in [1.29, 1.82) is 0 Å². The highest BCUT2D eigenvalue weighted by molar-refractivity contribution is 5.79. The topological polar surface area (TPSA) is 44.0 Å². The van der Waals surface area contributed by atoms with Crippen LogP contribution in [-0.2, 0) is 6.54 Å². The number of fused-ring (bicyclic) bond motifs is 1. The Morgan fingerprint density at radius 1 is 1.15 bits per heavy atom. The summed E-state index contributed by atoms with van der Waals surface area (Å²) in [5.74, 6) is 0.961. The Labute approximate surface area is 118 Å². The average molecular weight is 266 g/mol. The number of hydrogen-bond donors (Lipinski definition) is 2. The molecule has 0 saturated carbocycles. The SMILES string of the molecule is CN(C)c1ccc(NCc2ccc3cc[nH]c3c2)cn1. The van der Waals surface area contributed by atoms with E-state index in [0.717, 1.165) is 18.1 Å². The number of anilines is 2. The van der Waals surface area contributed by atoms with Crippen molar-refractivity contribution in [3.63, 3.8) is 0 Å². The number of H-pyrrole nitrogens is 1. The van der Waals surface area contributed by atoms with Crippen LogP contribution in [0.3, 0.4) is 0 Å². The normalized spacial score (nSPS) is 10.7. The fourth-order valence-corrected chi connectivity index (χ4v) is 2.16. The second kappa shape index (κ2) is 5.25. The summed E-state index contributed by atoms with van der Waals surface area (Å²) < 4.78 is 0. The van der Waals surface area contributed by atoms with Crippen molar-refractivity contribution in [2.24, 2.45) is 0 Å². The Bertz CT molecular complexity index is 698. The average Bonchev–Trinajstić information content (AvgIpc) is 2.93. The highest BCUT2D eigenvalue weighted by Crippen LogP contribution is 2.16. The van der Waals surface area contributed by atoms with E-state index in [1.165, 1.54) is 16.5 Å². The zero-order valence-electron chi connectivity index (χ0n) is 11.7. The number of rotatable bonds is 4. The van der Waals surface area contributed by atoms with Crippen molar-refractivity contribution in [3.05, 3.63) is 54.4 Å². The highest BCUT2D eigenvalue weighted by atomic mass is 15.1. The molecule has 0 spiro atoms. The number of nitrogens with one attached hydrogen (secondary N) is 2. The number of pyridine rings is 1. The third-order valence-electron chi connectivity index (χ3n) is 3.32. The molecule has 3 aromatic rings. The molecule has 2 heterocycles. The Morgan fingerprint density at radius 2 is 2.05 bits per heavy atom. The summed E-state index contributed by atoms with van der Waals surface area (Å²) in [5, 5.41) is 4.63. The summed E-state index contributed by atoms with van der Waals surface area (Å²) >= 11 is 0. The molecule has 0 atom stereocenters. The lowest BCUT2D eigenvalue weighted by Crippen LogP contribution is -2.10. The van der Waals surface area contributed by atoms with Gasteiger partial charge in [0.1, 0.15) is 5.82 Å². The molecule has 4 heteroatoms. The summed E-state index contributed by atoms with van der Waals surface area (Å²) in [6.45, 7) is 0.790. The molecule has 0 aliphatic heterocycles. The molecule has 2 N–H and O–H groups in total.